The summed E-state index contributed by atoms with van der Waals surface area (Å²) in [5, 5.41) is 3.31. The van der Waals surface area contributed by atoms with Crippen molar-refractivity contribution in [2.75, 3.05) is 11.4 Å². The Morgan fingerprint density at radius 1 is 1.17 bits per heavy atom. The first-order valence-electron chi connectivity index (χ1n) is 6.46. The Labute approximate surface area is 105 Å². The van der Waals surface area contributed by atoms with Gasteiger partial charge in [-0.15, -0.1) is 0 Å². The normalized spacial score (nSPS) is 29.2. The van der Waals surface area contributed by atoms with Gasteiger partial charge in [-0.25, -0.2) is 4.90 Å². The maximum atomic E-state index is 12.1. The average molecular weight is 242 g/mol. The van der Waals surface area contributed by atoms with Gasteiger partial charge in [0.25, 0.3) is 0 Å². The number of anilines is 1. The van der Waals surface area contributed by atoms with E-state index in [9.17, 15) is 9.59 Å². The molecule has 1 saturated heterocycles. The summed E-state index contributed by atoms with van der Waals surface area (Å²) in [5.74, 6) is -0.0148. The third-order valence-corrected chi connectivity index (χ3v) is 4.22. The maximum absolute atomic E-state index is 12.1. The number of hydrogen-bond acceptors (Lipinski definition) is 3. The number of fused-ring (bicyclic) bond motifs is 2. The predicted octanol–water partition coefficient (Wildman–Crippen LogP) is 0.842. The smallest absolute Gasteiger partial charge is 0.237 e. The summed E-state index contributed by atoms with van der Waals surface area (Å²) < 4.78 is 0. The number of benzene rings is 1. The molecule has 2 atom stereocenters. The van der Waals surface area contributed by atoms with Gasteiger partial charge in [0.1, 0.15) is 0 Å². The van der Waals surface area contributed by atoms with E-state index in [1.807, 2.05) is 12.1 Å². The Morgan fingerprint density at radius 3 is 2.72 bits per heavy atom. The molecule has 2 fully saturated rings. The summed E-state index contributed by atoms with van der Waals surface area (Å²) in [4.78, 5) is 25.7. The van der Waals surface area contributed by atoms with Gasteiger partial charge in [-0.3, -0.25) is 9.59 Å². The number of piperidine rings is 1. The van der Waals surface area contributed by atoms with Crippen molar-refractivity contribution >= 4 is 17.5 Å². The van der Waals surface area contributed by atoms with Gasteiger partial charge in [-0.1, -0.05) is 12.1 Å². The molecule has 3 aliphatic rings. The van der Waals surface area contributed by atoms with Crippen molar-refractivity contribution in [1.29, 1.82) is 0 Å². The summed E-state index contributed by atoms with van der Waals surface area (Å²) in [5.41, 5.74) is 3.20. The van der Waals surface area contributed by atoms with Crippen molar-refractivity contribution in [2.24, 2.45) is 11.8 Å². The van der Waals surface area contributed by atoms with Crippen molar-refractivity contribution < 1.29 is 9.59 Å². The predicted molar refractivity (Wildman–Crippen MR) is 65.9 cm³/mol. The van der Waals surface area contributed by atoms with E-state index in [0.29, 0.717) is 0 Å². The zero-order chi connectivity index (χ0) is 12.3. The van der Waals surface area contributed by atoms with E-state index in [0.717, 1.165) is 31.6 Å². The summed E-state index contributed by atoms with van der Waals surface area (Å²) in [6.07, 6.45) is 1.66. The van der Waals surface area contributed by atoms with E-state index < -0.39 is 0 Å². The third kappa shape index (κ3) is 1.24. The van der Waals surface area contributed by atoms with Crippen LogP contribution in [0.2, 0.25) is 0 Å². The molecule has 2 aliphatic heterocycles. The molecular formula is C14H14N2O2. The Bertz CT molecular complexity index is 547. The highest BCUT2D eigenvalue weighted by Crippen LogP contribution is 2.49. The summed E-state index contributed by atoms with van der Waals surface area (Å²) >= 11 is 0. The quantitative estimate of drug-likeness (QED) is 0.742. The molecule has 2 amide bonds. The van der Waals surface area contributed by atoms with Crippen molar-refractivity contribution in [2.45, 2.75) is 19.4 Å². The Morgan fingerprint density at radius 2 is 1.94 bits per heavy atom. The van der Waals surface area contributed by atoms with Crippen molar-refractivity contribution in [3.8, 4) is 0 Å². The Hall–Kier alpha value is -1.68. The van der Waals surface area contributed by atoms with E-state index in [1.54, 1.807) is 0 Å². The van der Waals surface area contributed by atoms with Gasteiger partial charge in [0.15, 0.2) is 0 Å². The topological polar surface area (TPSA) is 49.4 Å². The minimum atomic E-state index is -0.0185. The molecule has 1 aromatic carbocycles. The first kappa shape index (κ1) is 10.3. The lowest BCUT2D eigenvalue weighted by Gasteiger charge is -2.25. The molecule has 0 bridgehead atoms. The van der Waals surface area contributed by atoms with E-state index >= 15 is 0 Å². The minimum Gasteiger partial charge on any atom is -0.312 e. The number of rotatable bonds is 1. The molecule has 0 spiro atoms. The standard InChI is InChI=1S/C14H14N2O2/c17-13-10-6-11(10)14(18)16(13)12-3-1-2-8-7-15-5-4-9(8)12/h1-3,10-11,15H,4-7H2. The second-order valence-electron chi connectivity index (χ2n) is 5.30. The lowest BCUT2D eigenvalue weighted by molar-refractivity contribution is -0.123. The van der Waals surface area contributed by atoms with Gasteiger partial charge < -0.3 is 5.32 Å². The molecule has 1 aliphatic carbocycles. The number of amides is 2. The van der Waals surface area contributed by atoms with Crippen LogP contribution in [0.5, 0.6) is 0 Å². The third-order valence-electron chi connectivity index (χ3n) is 4.22. The van der Waals surface area contributed by atoms with Crippen LogP contribution in [0.3, 0.4) is 0 Å². The van der Waals surface area contributed by atoms with Gasteiger partial charge in [0, 0.05) is 6.54 Å². The van der Waals surface area contributed by atoms with E-state index in [-0.39, 0.29) is 23.7 Å². The van der Waals surface area contributed by atoms with Gasteiger partial charge in [-0.05, 0) is 36.6 Å². The number of nitrogens with one attached hydrogen (secondary N) is 1. The molecule has 1 N–H and O–H groups in total. The van der Waals surface area contributed by atoms with Crippen LogP contribution >= 0.6 is 0 Å². The number of nitrogens with zero attached hydrogens (tertiary/aromatic N) is 1. The van der Waals surface area contributed by atoms with Gasteiger partial charge in [-0.2, -0.15) is 0 Å². The van der Waals surface area contributed by atoms with Crippen LogP contribution in [0.15, 0.2) is 18.2 Å². The zero-order valence-corrected chi connectivity index (χ0v) is 9.98. The summed E-state index contributed by atoms with van der Waals surface area (Å²) in [7, 11) is 0. The monoisotopic (exact) mass is 242 g/mol. The number of carbonyl (C=O) groups is 2. The fourth-order valence-electron chi connectivity index (χ4n) is 3.14. The van der Waals surface area contributed by atoms with Crippen LogP contribution in [-0.4, -0.2) is 18.4 Å². The minimum absolute atomic E-state index is 0.0110. The average Bonchev–Trinajstić information content (AvgIpc) is 3.15. The van der Waals surface area contributed by atoms with Gasteiger partial charge >= 0.3 is 0 Å². The Kier molecular flexibility index (Phi) is 1.95. The summed E-state index contributed by atoms with van der Waals surface area (Å²) in [6.45, 7) is 1.74. The number of imide groups is 1. The number of hydrogen-bond donors (Lipinski definition) is 1. The molecule has 2 unspecified atom stereocenters. The highest BCUT2D eigenvalue weighted by atomic mass is 16.2. The second-order valence-corrected chi connectivity index (χ2v) is 5.30. The zero-order valence-electron chi connectivity index (χ0n) is 9.98. The molecule has 92 valence electrons. The molecule has 4 rings (SSSR count). The van der Waals surface area contributed by atoms with E-state index in [2.05, 4.69) is 11.4 Å². The fourth-order valence-corrected chi connectivity index (χ4v) is 3.14. The van der Waals surface area contributed by atoms with E-state index in [1.165, 1.54) is 16.0 Å². The fraction of sp³-hybridized carbons (Fsp3) is 0.429. The van der Waals surface area contributed by atoms with Crippen molar-refractivity contribution in [3.05, 3.63) is 29.3 Å². The molecule has 2 heterocycles. The van der Waals surface area contributed by atoms with Gasteiger partial charge in [0.2, 0.25) is 11.8 Å². The number of carbonyl (C=O) groups excluding carboxylic acids is 2. The summed E-state index contributed by atoms with van der Waals surface area (Å²) in [6, 6.07) is 5.91. The highest BCUT2D eigenvalue weighted by Gasteiger charge is 2.59. The maximum Gasteiger partial charge on any atom is 0.237 e. The molecular weight excluding hydrogens is 228 g/mol. The lowest BCUT2D eigenvalue weighted by Crippen LogP contribution is -2.35. The molecule has 4 heteroatoms. The SMILES string of the molecule is O=C1C2CC2C(=O)N1c1cccc2c1CCNC2. The van der Waals surface area contributed by atoms with E-state index in [4.69, 9.17) is 0 Å². The first-order chi connectivity index (χ1) is 8.77. The molecule has 1 saturated carbocycles. The lowest BCUT2D eigenvalue weighted by atomic mass is 9.98. The van der Waals surface area contributed by atoms with Crippen LogP contribution in [0.4, 0.5) is 5.69 Å². The molecule has 4 nitrogen and oxygen atoms in total. The van der Waals surface area contributed by atoms with Crippen LogP contribution in [-0.2, 0) is 22.6 Å². The highest BCUT2D eigenvalue weighted by molar-refractivity contribution is 6.25. The molecule has 0 aromatic heterocycles. The molecule has 0 radical (unpaired) electrons. The van der Waals surface area contributed by atoms with Crippen molar-refractivity contribution in [1.82, 2.24) is 5.32 Å². The van der Waals surface area contributed by atoms with Crippen LogP contribution in [0, 0.1) is 11.8 Å². The van der Waals surface area contributed by atoms with Crippen LogP contribution < -0.4 is 10.2 Å². The van der Waals surface area contributed by atoms with Crippen LogP contribution in [0.1, 0.15) is 17.5 Å². The second kappa shape index (κ2) is 3.42. The largest absolute Gasteiger partial charge is 0.312 e. The van der Waals surface area contributed by atoms with Gasteiger partial charge in [0.05, 0.1) is 17.5 Å². The molecule has 18 heavy (non-hydrogen) atoms. The van der Waals surface area contributed by atoms with Crippen LogP contribution in [0.25, 0.3) is 0 Å². The first-order valence-corrected chi connectivity index (χ1v) is 6.46. The Balaban J connectivity index is 1.81. The molecule has 1 aromatic rings. The van der Waals surface area contributed by atoms with Crippen molar-refractivity contribution in [3.63, 3.8) is 0 Å².